The highest BCUT2D eigenvalue weighted by atomic mass is 16.3. The summed E-state index contributed by atoms with van der Waals surface area (Å²) in [5.74, 6) is 0.974. The van der Waals surface area contributed by atoms with Crippen molar-refractivity contribution < 1.29 is 5.11 Å². The Morgan fingerprint density at radius 2 is 2.27 bits per heavy atom. The van der Waals surface area contributed by atoms with Crippen molar-refractivity contribution in [3.05, 3.63) is 28.6 Å². The number of aliphatic imine (C=N–C) groups is 1. The maximum atomic E-state index is 9.54. The van der Waals surface area contributed by atoms with E-state index in [2.05, 4.69) is 26.5 Å². The first-order valence-corrected chi connectivity index (χ1v) is 10.4. The van der Waals surface area contributed by atoms with Crippen LogP contribution >= 0.6 is 0 Å². The molecule has 2 aromatic rings. The molecule has 1 fully saturated rings. The monoisotopic (exact) mass is 410 g/mol. The van der Waals surface area contributed by atoms with Gasteiger partial charge in [-0.05, 0) is 32.3 Å². The highest BCUT2D eigenvalue weighted by Gasteiger charge is 2.25. The average molecular weight is 411 g/mol. The molecule has 160 valence electrons. The highest BCUT2D eigenvalue weighted by molar-refractivity contribution is 5.72. The van der Waals surface area contributed by atoms with Crippen molar-refractivity contribution in [2.75, 3.05) is 24.2 Å². The molecule has 2 unspecified atom stereocenters. The number of fused-ring (bicyclic) bond motifs is 1. The van der Waals surface area contributed by atoms with E-state index < -0.39 is 0 Å². The number of hydrogen-bond donors (Lipinski definition) is 4. The number of nitrogens with two attached hydrogens (primary N) is 2. The summed E-state index contributed by atoms with van der Waals surface area (Å²) < 4.78 is 1.53. The summed E-state index contributed by atoms with van der Waals surface area (Å²) in [6, 6.07) is 2.30. The van der Waals surface area contributed by atoms with Crippen LogP contribution in [0.2, 0.25) is 0 Å². The zero-order chi connectivity index (χ0) is 21.7. The number of aromatic nitrogens is 3. The number of aliphatic hydroxyl groups is 1. The van der Waals surface area contributed by atoms with Crippen LogP contribution in [0.3, 0.4) is 0 Å². The predicted molar refractivity (Wildman–Crippen MR) is 118 cm³/mol. The lowest BCUT2D eigenvalue weighted by atomic mass is 10.1. The Hall–Kier alpha value is -3.12. The molecule has 2 atom stereocenters. The second kappa shape index (κ2) is 9.59. The van der Waals surface area contributed by atoms with Gasteiger partial charge in [0.2, 0.25) is 0 Å². The first-order valence-electron chi connectivity index (χ1n) is 10.4. The van der Waals surface area contributed by atoms with Crippen LogP contribution < -0.4 is 16.8 Å². The number of anilines is 2. The highest BCUT2D eigenvalue weighted by Crippen LogP contribution is 2.27. The van der Waals surface area contributed by atoms with Crippen LogP contribution in [-0.2, 0) is 6.42 Å². The van der Waals surface area contributed by atoms with Gasteiger partial charge in [-0.2, -0.15) is 14.9 Å². The molecule has 0 aromatic carbocycles. The van der Waals surface area contributed by atoms with Crippen molar-refractivity contribution in [2.24, 2.45) is 16.6 Å². The molecule has 0 bridgehead atoms. The molecule has 1 aliphatic carbocycles. The van der Waals surface area contributed by atoms with Gasteiger partial charge in [-0.3, -0.25) is 4.99 Å². The lowest BCUT2D eigenvalue weighted by Gasteiger charge is -2.11. The van der Waals surface area contributed by atoms with Gasteiger partial charge in [-0.15, -0.1) is 0 Å². The van der Waals surface area contributed by atoms with E-state index in [1.54, 1.807) is 12.3 Å². The van der Waals surface area contributed by atoms with Gasteiger partial charge in [0.1, 0.15) is 23.3 Å². The fraction of sp³-hybridized carbons (Fsp3) is 0.524. The quantitative estimate of drug-likeness (QED) is 0.485. The maximum absolute atomic E-state index is 9.54. The van der Waals surface area contributed by atoms with Crippen molar-refractivity contribution in [1.29, 1.82) is 5.26 Å². The molecular formula is C21H30N8O. The molecule has 9 heteroatoms. The first-order chi connectivity index (χ1) is 14.5. The minimum Gasteiger partial charge on any atom is -0.402 e. The number of nitrogens with one attached hydrogen (secondary N) is 1. The molecule has 2 aromatic heterocycles. The Morgan fingerprint density at radius 3 is 2.97 bits per heavy atom. The number of nitrogens with zero attached hydrogens (tertiary/aromatic N) is 5. The summed E-state index contributed by atoms with van der Waals surface area (Å²) in [5, 5.41) is 26.5. The second-order valence-electron chi connectivity index (χ2n) is 7.64. The molecule has 1 saturated carbocycles. The van der Waals surface area contributed by atoms with Gasteiger partial charge in [0.05, 0.1) is 11.7 Å². The fourth-order valence-electron chi connectivity index (χ4n) is 3.96. The zero-order valence-electron chi connectivity index (χ0n) is 17.6. The van der Waals surface area contributed by atoms with Crippen molar-refractivity contribution in [1.82, 2.24) is 14.6 Å². The molecule has 9 nitrogen and oxygen atoms in total. The molecule has 0 saturated heterocycles. The zero-order valence-corrected chi connectivity index (χ0v) is 17.6. The van der Waals surface area contributed by atoms with Gasteiger partial charge in [0, 0.05) is 43.0 Å². The average Bonchev–Trinajstić information content (AvgIpc) is 3.31. The fourth-order valence-corrected chi connectivity index (χ4v) is 3.96. The summed E-state index contributed by atoms with van der Waals surface area (Å²) in [4.78, 5) is 9.14. The number of nitriles is 1. The molecular weight excluding hydrogens is 380 g/mol. The smallest absolute Gasteiger partial charge is 0.163 e. The molecule has 1 aliphatic rings. The number of nitrogen functional groups attached to an aromatic ring is 1. The summed E-state index contributed by atoms with van der Waals surface area (Å²) >= 11 is 0. The van der Waals surface area contributed by atoms with Gasteiger partial charge in [-0.25, -0.2) is 4.98 Å². The standard InChI is InChI=1S/C21H30N8O/c1-3-16-13(2)28-29-19(24)17(11-22)20(27-21(16)29)26-10-8-15(23)7-9-25-18-6-4-5-14(18)12-30/h7,9,14,18,30H,3-6,8,10,12,23-24H2,1-2H3,(H,26,27). The molecule has 30 heavy (non-hydrogen) atoms. The van der Waals surface area contributed by atoms with Gasteiger partial charge in [-0.1, -0.05) is 13.3 Å². The lowest BCUT2D eigenvalue weighted by molar-refractivity contribution is 0.219. The van der Waals surface area contributed by atoms with Gasteiger partial charge < -0.3 is 21.9 Å². The predicted octanol–water partition coefficient (Wildman–Crippen LogP) is 1.93. The third-order valence-electron chi connectivity index (χ3n) is 5.69. The number of aryl methyl sites for hydroxylation is 2. The van der Waals surface area contributed by atoms with E-state index in [0.29, 0.717) is 30.1 Å². The number of hydrogen-bond acceptors (Lipinski definition) is 8. The van der Waals surface area contributed by atoms with E-state index in [4.69, 9.17) is 11.5 Å². The Bertz CT molecular complexity index is 1000. The third kappa shape index (κ3) is 4.39. The van der Waals surface area contributed by atoms with Crippen molar-refractivity contribution in [3.8, 4) is 6.07 Å². The number of allylic oxidation sites excluding steroid dienone is 1. The van der Waals surface area contributed by atoms with Crippen LogP contribution in [0.15, 0.2) is 16.8 Å². The largest absolute Gasteiger partial charge is 0.402 e. The minimum absolute atomic E-state index is 0.182. The van der Waals surface area contributed by atoms with E-state index in [0.717, 1.165) is 36.9 Å². The molecule has 2 heterocycles. The lowest BCUT2D eigenvalue weighted by Crippen LogP contribution is -2.15. The second-order valence-corrected chi connectivity index (χ2v) is 7.64. The summed E-state index contributed by atoms with van der Waals surface area (Å²) in [6.45, 7) is 4.64. The van der Waals surface area contributed by atoms with E-state index in [1.807, 2.05) is 13.8 Å². The summed E-state index contributed by atoms with van der Waals surface area (Å²) in [5.41, 5.74) is 15.7. The molecule has 3 rings (SSSR count). The topological polar surface area (TPSA) is 151 Å². The van der Waals surface area contributed by atoms with Crippen LogP contribution in [0.5, 0.6) is 0 Å². The van der Waals surface area contributed by atoms with Crippen LogP contribution in [0, 0.1) is 24.2 Å². The maximum Gasteiger partial charge on any atom is 0.163 e. The van der Waals surface area contributed by atoms with Crippen molar-refractivity contribution in [2.45, 2.75) is 52.0 Å². The Morgan fingerprint density at radius 1 is 1.47 bits per heavy atom. The van der Waals surface area contributed by atoms with Crippen LogP contribution in [-0.4, -0.2) is 45.1 Å². The summed E-state index contributed by atoms with van der Waals surface area (Å²) in [7, 11) is 0. The number of aliphatic hydroxyl groups excluding tert-OH is 1. The van der Waals surface area contributed by atoms with Crippen LogP contribution in [0.25, 0.3) is 5.65 Å². The third-order valence-corrected chi connectivity index (χ3v) is 5.69. The van der Waals surface area contributed by atoms with E-state index in [1.165, 1.54) is 4.52 Å². The molecule has 0 radical (unpaired) electrons. The van der Waals surface area contributed by atoms with Gasteiger partial charge in [0.15, 0.2) is 5.65 Å². The van der Waals surface area contributed by atoms with E-state index in [9.17, 15) is 10.4 Å². The van der Waals surface area contributed by atoms with Crippen LogP contribution in [0.4, 0.5) is 11.6 Å². The van der Waals surface area contributed by atoms with Crippen molar-refractivity contribution in [3.63, 3.8) is 0 Å². The molecule has 0 spiro atoms. The normalized spacial score (nSPS) is 19.6. The van der Waals surface area contributed by atoms with Gasteiger partial charge >= 0.3 is 0 Å². The van der Waals surface area contributed by atoms with E-state index in [-0.39, 0.29) is 29.9 Å². The van der Waals surface area contributed by atoms with Crippen molar-refractivity contribution >= 4 is 23.5 Å². The Labute approximate surface area is 176 Å². The van der Waals surface area contributed by atoms with E-state index >= 15 is 0 Å². The first kappa shape index (κ1) is 21.6. The van der Waals surface area contributed by atoms with Gasteiger partial charge in [0.25, 0.3) is 0 Å². The number of rotatable bonds is 8. The molecule has 0 amide bonds. The Balaban J connectivity index is 1.67. The molecule has 0 aliphatic heterocycles. The minimum atomic E-state index is 0.182. The van der Waals surface area contributed by atoms with Crippen LogP contribution in [0.1, 0.15) is 49.4 Å². The molecule has 6 N–H and O–H groups in total. The summed E-state index contributed by atoms with van der Waals surface area (Å²) in [6.07, 6.45) is 8.02. The SMILES string of the molecule is CCc1c(C)nn2c(N)c(C#N)c(NCCC(N)=CC=NC3CCCC3CO)nc12. The Kier molecular flexibility index (Phi) is 6.90.